The van der Waals surface area contributed by atoms with Crippen molar-refractivity contribution >= 4 is 18.9 Å². The molecule has 1 aliphatic rings. The maximum absolute atomic E-state index is 6.63. The summed E-state index contributed by atoms with van der Waals surface area (Å²) in [6.07, 6.45) is 1.93. The lowest BCUT2D eigenvalue weighted by atomic mass is 10.0. The number of likely N-dealkylation sites (N-methyl/N-ethyl adjacent to an activating group) is 1. The normalized spacial score (nSPS) is 33.8. The summed E-state index contributed by atoms with van der Waals surface area (Å²) in [5.41, 5.74) is 1.20. The van der Waals surface area contributed by atoms with Crippen molar-refractivity contribution in [2.24, 2.45) is 0 Å². The molecule has 1 aromatic rings. The lowest BCUT2D eigenvalue weighted by Crippen LogP contribution is -2.44. The van der Waals surface area contributed by atoms with Crippen LogP contribution in [0.3, 0.4) is 0 Å². The second-order valence-electron chi connectivity index (χ2n) is 4.48. The zero-order valence-electron chi connectivity index (χ0n) is 10.3. The van der Waals surface area contributed by atoms with Gasteiger partial charge in [-0.2, -0.15) is 0 Å². The monoisotopic (exact) mass is 267 g/mol. The van der Waals surface area contributed by atoms with E-state index in [4.69, 9.17) is 15.5 Å². The summed E-state index contributed by atoms with van der Waals surface area (Å²) in [6, 6.07) is 11.3. The van der Waals surface area contributed by atoms with E-state index in [0.29, 0.717) is 6.04 Å². The molecule has 3 atom stereocenters. The van der Waals surface area contributed by atoms with E-state index in [-0.39, 0.29) is 6.10 Å². The Bertz CT molecular complexity index is 400. The average Bonchev–Trinajstić information content (AvgIpc) is 2.56. The van der Waals surface area contributed by atoms with Crippen LogP contribution in [-0.4, -0.2) is 25.4 Å². The molecule has 0 bridgehead atoms. The zero-order valence-corrected chi connectivity index (χ0v) is 12.0. The van der Waals surface area contributed by atoms with Crippen molar-refractivity contribution in [1.82, 2.24) is 4.57 Å². The molecule has 92 valence electrons. The van der Waals surface area contributed by atoms with Gasteiger partial charge in [-0.3, -0.25) is 4.57 Å². The van der Waals surface area contributed by atoms with Gasteiger partial charge in [0.15, 0.2) is 0 Å². The topological polar surface area (TPSA) is 12.5 Å². The van der Waals surface area contributed by atoms with Crippen LogP contribution in [0.4, 0.5) is 0 Å². The Morgan fingerprint density at radius 3 is 2.71 bits per heavy atom. The second-order valence-corrected chi connectivity index (χ2v) is 8.98. The molecule has 1 unspecified atom stereocenters. The minimum atomic E-state index is -2.31. The highest BCUT2D eigenvalue weighted by Gasteiger charge is 2.51. The number of hydrogen-bond acceptors (Lipinski definition) is 2. The zero-order chi connectivity index (χ0) is 12.5. The lowest BCUT2D eigenvalue weighted by Gasteiger charge is -2.24. The molecule has 0 aromatic heterocycles. The summed E-state index contributed by atoms with van der Waals surface area (Å²) in [7, 11) is -0.259. The third-order valence-electron chi connectivity index (χ3n) is 3.41. The number of halogens is 1. The lowest BCUT2D eigenvalue weighted by molar-refractivity contribution is 0.207. The standard InChI is InChI=1S/C13H18ClNOSi/c1-4-10-17(14)15(3)11(2)13(16-17)12-8-6-5-7-9-12/h4-9,11,13H,1,10H2,2-3H3/t11-,13?,17-/m0/s1. The van der Waals surface area contributed by atoms with Crippen molar-refractivity contribution in [1.29, 1.82) is 0 Å². The van der Waals surface area contributed by atoms with E-state index >= 15 is 0 Å². The Kier molecular flexibility index (Phi) is 3.73. The molecule has 0 saturated carbocycles. The first kappa shape index (κ1) is 12.8. The minimum absolute atomic E-state index is 0.0744. The first-order valence-corrected chi connectivity index (χ1v) is 8.91. The van der Waals surface area contributed by atoms with Crippen LogP contribution in [0, 0.1) is 0 Å². The maximum Gasteiger partial charge on any atom is 0.377 e. The van der Waals surface area contributed by atoms with Crippen LogP contribution in [0.15, 0.2) is 43.0 Å². The van der Waals surface area contributed by atoms with Crippen molar-refractivity contribution in [3.8, 4) is 0 Å². The molecule has 1 heterocycles. The van der Waals surface area contributed by atoms with Gasteiger partial charge in [0.05, 0.1) is 6.10 Å². The second kappa shape index (κ2) is 4.94. The van der Waals surface area contributed by atoms with Crippen LogP contribution in [-0.2, 0) is 4.43 Å². The highest BCUT2D eigenvalue weighted by atomic mass is 35.6. The fraction of sp³-hybridized carbons (Fsp3) is 0.385. The van der Waals surface area contributed by atoms with Crippen molar-refractivity contribution in [2.45, 2.75) is 25.1 Å². The van der Waals surface area contributed by atoms with Gasteiger partial charge in [-0.1, -0.05) is 36.4 Å². The van der Waals surface area contributed by atoms with Gasteiger partial charge in [-0.05, 0) is 19.5 Å². The van der Waals surface area contributed by atoms with Crippen LogP contribution in [0.25, 0.3) is 0 Å². The van der Waals surface area contributed by atoms with Gasteiger partial charge in [0, 0.05) is 12.1 Å². The fourth-order valence-electron chi connectivity index (χ4n) is 2.24. The molecular formula is C13H18ClNOSi. The predicted octanol–water partition coefficient (Wildman–Crippen LogP) is 3.44. The molecule has 1 aromatic carbocycles. The van der Waals surface area contributed by atoms with E-state index in [1.807, 2.05) is 24.3 Å². The molecule has 2 rings (SSSR count). The fourth-order valence-corrected chi connectivity index (χ4v) is 5.69. The van der Waals surface area contributed by atoms with Crippen molar-refractivity contribution in [3.63, 3.8) is 0 Å². The summed E-state index contributed by atoms with van der Waals surface area (Å²) in [5, 5.41) is 0. The largest absolute Gasteiger partial charge is 0.383 e. The van der Waals surface area contributed by atoms with Crippen molar-refractivity contribution in [3.05, 3.63) is 48.6 Å². The molecule has 17 heavy (non-hydrogen) atoms. The van der Waals surface area contributed by atoms with E-state index < -0.39 is 7.79 Å². The summed E-state index contributed by atoms with van der Waals surface area (Å²) >= 11 is 6.63. The van der Waals surface area contributed by atoms with Crippen LogP contribution in [0.5, 0.6) is 0 Å². The van der Waals surface area contributed by atoms with E-state index in [1.165, 1.54) is 5.56 Å². The third kappa shape index (κ3) is 2.33. The molecule has 0 aliphatic carbocycles. The molecular weight excluding hydrogens is 250 g/mol. The van der Waals surface area contributed by atoms with Gasteiger partial charge < -0.3 is 4.43 Å². The van der Waals surface area contributed by atoms with E-state index in [9.17, 15) is 0 Å². The molecule has 1 saturated heterocycles. The van der Waals surface area contributed by atoms with Gasteiger partial charge in [-0.25, -0.2) is 0 Å². The molecule has 1 fully saturated rings. The van der Waals surface area contributed by atoms with Crippen LogP contribution >= 0.6 is 11.1 Å². The average molecular weight is 268 g/mol. The molecule has 0 radical (unpaired) electrons. The van der Waals surface area contributed by atoms with Gasteiger partial charge in [0.2, 0.25) is 0 Å². The minimum Gasteiger partial charge on any atom is -0.383 e. The van der Waals surface area contributed by atoms with E-state index in [1.54, 1.807) is 0 Å². The summed E-state index contributed by atoms with van der Waals surface area (Å²) < 4.78 is 8.36. The number of benzene rings is 1. The predicted molar refractivity (Wildman–Crippen MR) is 74.1 cm³/mol. The van der Waals surface area contributed by atoms with E-state index in [2.05, 4.69) is 37.2 Å². The SMILES string of the molecule is C=CC[Si@@]1(Cl)OC(c2ccccc2)[C@H](C)N1C. The van der Waals surface area contributed by atoms with Gasteiger partial charge in [0.1, 0.15) is 0 Å². The number of hydrogen-bond donors (Lipinski definition) is 0. The van der Waals surface area contributed by atoms with Crippen LogP contribution < -0.4 is 0 Å². The molecule has 0 N–H and O–H groups in total. The van der Waals surface area contributed by atoms with Crippen LogP contribution in [0.2, 0.25) is 6.04 Å². The summed E-state index contributed by atoms with van der Waals surface area (Å²) in [4.78, 5) is 0. The first-order valence-electron chi connectivity index (χ1n) is 5.84. The van der Waals surface area contributed by atoms with Crippen molar-refractivity contribution in [2.75, 3.05) is 7.05 Å². The molecule has 4 heteroatoms. The smallest absolute Gasteiger partial charge is 0.377 e. The Morgan fingerprint density at radius 2 is 2.12 bits per heavy atom. The Labute approximate surface area is 109 Å². The Hall–Kier alpha value is -0.613. The van der Waals surface area contributed by atoms with Crippen molar-refractivity contribution < 1.29 is 4.43 Å². The van der Waals surface area contributed by atoms with Gasteiger partial charge in [0.25, 0.3) is 0 Å². The number of allylic oxidation sites excluding steroid dienone is 1. The van der Waals surface area contributed by atoms with E-state index in [0.717, 1.165) is 6.04 Å². The summed E-state index contributed by atoms with van der Waals surface area (Å²) in [5.74, 6) is 0. The highest BCUT2D eigenvalue weighted by Crippen LogP contribution is 2.41. The summed E-state index contributed by atoms with van der Waals surface area (Å²) in [6.45, 7) is 5.93. The molecule has 2 nitrogen and oxygen atoms in total. The van der Waals surface area contributed by atoms with Gasteiger partial charge >= 0.3 is 7.79 Å². The van der Waals surface area contributed by atoms with Gasteiger partial charge in [-0.15, -0.1) is 17.7 Å². The highest BCUT2D eigenvalue weighted by molar-refractivity contribution is 7.15. The molecule has 1 aliphatic heterocycles. The molecule has 0 spiro atoms. The third-order valence-corrected chi connectivity index (χ3v) is 7.81. The molecule has 0 amide bonds. The van der Waals surface area contributed by atoms with Crippen LogP contribution in [0.1, 0.15) is 18.6 Å². The first-order chi connectivity index (χ1) is 8.08. The number of rotatable bonds is 3. The number of nitrogens with zero attached hydrogens (tertiary/aromatic N) is 1. The maximum atomic E-state index is 6.63. The Morgan fingerprint density at radius 1 is 1.47 bits per heavy atom. The quantitative estimate of drug-likeness (QED) is 0.473. The Balaban J connectivity index is 2.25.